The summed E-state index contributed by atoms with van der Waals surface area (Å²) in [5.74, 6) is 1.25. The van der Waals surface area contributed by atoms with Gasteiger partial charge in [0.05, 0.1) is 6.54 Å². The van der Waals surface area contributed by atoms with Crippen LogP contribution in [-0.4, -0.2) is 46.2 Å². The van der Waals surface area contributed by atoms with Gasteiger partial charge in [-0.15, -0.1) is 0 Å². The molecule has 1 aliphatic heterocycles. The molecule has 0 bridgehead atoms. The Morgan fingerprint density at radius 3 is 2.80 bits per heavy atom. The van der Waals surface area contributed by atoms with Crippen LogP contribution in [0, 0.1) is 0 Å². The van der Waals surface area contributed by atoms with Gasteiger partial charge in [-0.25, -0.2) is 0 Å². The minimum absolute atomic E-state index is 0.544. The molecule has 3 heterocycles. The van der Waals surface area contributed by atoms with E-state index in [1.807, 2.05) is 12.1 Å². The van der Waals surface area contributed by atoms with Gasteiger partial charge in [0.1, 0.15) is 0 Å². The van der Waals surface area contributed by atoms with Gasteiger partial charge < -0.3 is 14.7 Å². The summed E-state index contributed by atoms with van der Waals surface area (Å²) in [7, 11) is 2.16. The SMILES string of the molecule is CN1CCC(NCc2nc(-c3ccncc3)no2)CC1. The average Bonchev–Trinajstić information content (AvgIpc) is 2.97. The Hall–Kier alpha value is -1.79. The highest BCUT2D eigenvalue weighted by atomic mass is 16.5. The second-order valence-corrected chi connectivity index (χ2v) is 5.21. The third kappa shape index (κ3) is 3.20. The first-order valence-electron chi connectivity index (χ1n) is 6.96. The molecule has 1 aliphatic rings. The summed E-state index contributed by atoms with van der Waals surface area (Å²) in [6.45, 7) is 2.92. The lowest BCUT2D eigenvalue weighted by Crippen LogP contribution is -2.40. The predicted molar refractivity (Wildman–Crippen MR) is 74.9 cm³/mol. The molecule has 6 heteroatoms. The van der Waals surface area contributed by atoms with Crippen molar-refractivity contribution in [3.63, 3.8) is 0 Å². The highest BCUT2D eigenvalue weighted by Crippen LogP contribution is 2.14. The quantitative estimate of drug-likeness (QED) is 0.906. The van der Waals surface area contributed by atoms with Crippen molar-refractivity contribution < 1.29 is 4.52 Å². The van der Waals surface area contributed by atoms with E-state index in [0.717, 1.165) is 18.7 Å². The summed E-state index contributed by atoms with van der Waals surface area (Å²) in [4.78, 5) is 10.7. The first-order chi connectivity index (χ1) is 9.81. The van der Waals surface area contributed by atoms with Crippen molar-refractivity contribution >= 4 is 0 Å². The summed E-state index contributed by atoms with van der Waals surface area (Å²) in [5.41, 5.74) is 0.925. The zero-order valence-corrected chi connectivity index (χ0v) is 11.6. The summed E-state index contributed by atoms with van der Waals surface area (Å²) < 4.78 is 5.28. The van der Waals surface area contributed by atoms with E-state index in [2.05, 4.69) is 32.4 Å². The topological polar surface area (TPSA) is 67.1 Å². The Labute approximate surface area is 118 Å². The lowest BCUT2D eigenvalue weighted by Gasteiger charge is -2.29. The highest BCUT2D eigenvalue weighted by Gasteiger charge is 2.17. The molecule has 1 fully saturated rings. The second-order valence-electron chi connectivity index (χ2n) is 5.21. The molecule has 20 heavy (non-hydrogen) atoms. The number of rotatable bonds is 4. The fourth-order valence-electron chi connectivity index (χ4n) is 2.39. The van der Waals surface area contributed by atoms with Gasteiger partial charge in [-0.05, 0) is 45.1 Å². The molecule has 0 aliphatic carbocycles. The van der Waals surface area contributed by atoms with Gasteiger partial charge in [0.25, 0.3) is 0 Å². The predicted octanol–water partition coefficient (Wildman–Crippen LogP) is 1.32. The van der Waals surface area contributed by atoms with Crippen molar-refractivity contribution in [3.05, 3.63) is 30.4 Å². The number of nitrogens with zero attached hydrogens (tertiary/aromatic N) is 4. The molecule has 0 saturated carbocycles. The van der Waals surface area contributed by atoms with Crippen molar-refractivity contribution in [1.82, 2.24) is 25.3 Å². The van der Waals surface area contributed by atoms with Gasteiger partial charge in [0.2, 0.25) is 11.7 Å². The number of nitrogens with one attached hydrogen (secondary N) is 1. The normalized spacial score (nSPS) is 17.4. The van der Waals surface area contributed by atoms with Crippen LogP contribution >= 0.6 is 0 Å². The van der Waals surface area contributed by atoms with Crippen molar-refractivity contribution in [1.29, 1.82) is 0 Å². The number of hydrogen-bond donors (Lipinski definition) is 1. The Morgan fingerprint density at radius 2 is 2.05 bits per heavy atom. The van der Waals surface area contributed by atoms with Gasteiger partial charge in [-0.3, -0.25) is 4.98 Å². The van der Waals surface area contributed by atoms with E-state index < -0.39 is 0 Å². The van der Waals surface area contributed by atoms with Crippen LogP contribution in [0.15, 0.2) is 29.0 Å². The zero-order chi connectivity index (χ0) is 13.8. The molecular formula is C14H19N5O. The van der Waals surface area contributed by atoms with Crippen LogP contribution in [0.2, 0.25) is 0 Å². The third-order valence-electron chi connectivity index (χ3n) is 3.67. The molecule has 0 radical (unpaired) electrons. The minimum Gasteiger partial charge on any atom is -0.338 e. The molecule has 1 saturated heterocycles. The molecule has 0 aromatic carbocycles. The minimum atomic E-state index is 0.544. The summed E-state index contributed by atoms with van der Waals surface area (Å²) in [6, 6.07) is 4.29. The molecule has 2 aromatic rings. The van der Waals surface area contributed by atoms with Gasteiger partial charge in [-0.1, -0.05) is 5.16 Å². The van der Waals surface area contributed by atoms with Gasteiger partial charge in [0, 0.05) is 24.0 Å². The number of likely N-dealkylation sites (tertiary alicyclic amines) is 1. The molecule has 3 rings (SSSR count). The first-order valence-corrected chi connectivity index (χ1v) is 6.96. The molecule has 0 amide bonds. The highest BCUT2D eigenvalue weighted by molar-refractivity contribution is 5.52. The third-order valence-corrected chi connectivity index (χ3v) is 3.67. The van der Waals surface area contributed by atoms with E-state index in [-0.39, 0.29) is 0 Å². The fourth-order valence-corrected chi connectivity index (χ4v) is 2.39. The Morgan fingerprint density at radius 1 is 1.30 bits per heavy atom. The smallest absolute Gasteiger partial charge is 0.240 e. The molecule has 1 N–H and O–H groups in total. The second kappa shape index (κ2) is 6.11. The molecule has 2 aromatic heterocycles. The van der Waals surface area contributed by atoms with E-state index in [0.29, 0.717) is 24.3 Å². The summed E-state index contributed by atoms with van der Waals surface area (Å²) in [5, 5.41) is 7.49. The molecule has 106 valence electrons. The summed E-state index contributed by atoms with van der Waals surface area (Å²) in [6.07, 6.45) is 5.79. The van der Waals surface area contributed by atoms with Crippen LogP contribution < -0.4 is 5.32 Å². The van der Waals surface area contributed by atoms with E-state index in [1.165, 1.54) is 12.8 Å². The zero-order valence-electron chi connectivity index (χ0n) is 11.6. The molecular weight excluding hydrogens is 254 g/mol. The van der Waals surface area contributed by atoms with E-state index in [9.17, 15) is 0 Å². The Balaban J connectivity index is 1.55. The number of pyridine rings is 1. The Bertz CT molecular complexity index is 534. The van der Waals surface area contributed by atoms with Crippen LogP contribution in [0.5, 0.6) is 0 Å². The van der Waals surface area contributed by atoms with Crippen molar-refractivity contribution in [2.24, 2.45) is 0 Å². The van der Waals surface area contributed by atoms with Gasteiger partial charge >= 0.3 is 0 Å². The van der Waals surface area contributed by atoms with Crippen LogP contribution in [0.1, 0.15) is 18.7 Å². The first kappa shape index (κ1) is 13.2. The maximum absolute atomic E-state index is 5.28. The maximum atomic E-state index is 5.28. The largest absolute Gasteiger partial charge is 0.338 e. The number of aromatic nitrogens is 3. The van der Waals surface area contributed by atoms with E-state index in [1.54, 1.807) is 12.4 Å². The standard InChI is InChI=1S/C14H19N5O/c1-19-8-4-12(5-9-19)16-10-13-17-14(18-20-13)11-2-6-15-7-3-11/h2-3,6-7,12,16H,4-5,8-10H2,1H3. The average molecular weight is 273 g/mol. The lowest BCUT2D eigenvalue weighted by atomic mass is 10.1. The van der Waals surface area contributed by atoms with Crippen LogP contribution in [0.3, 0.4) is 0 Å². The van der Waals surface area contributed by atoms with Crippen LogP contribution in [-0.2, 0) is 6.54 Å². The monoisotopic (exact) mass is 273 g/mol. The Kier molecular flexibility index (Phi) is 4.03. The van der Waals surface area contributed by atoms with Gasteiger partial charge in [-0.2, -0.15) is 4.98 Å². The van der Waals surface area contributed by atoms with Crippen LogP contribution in [0.4, 0.5) is 0 Å². The van der Waals surface area contributed by atoms with Crippen molar-refractivity contribution in [2.45, 2.75) is 25.4 Å². The molecule has 6 nitrogen and oxygen atoms in total. The lowest BCUT2D eigenvalue weighted by molar-refractivity contribution is 0.229. The maximum Gasteiger partial charge on any atom is 0.240 e. The molecule has 0 unspecified atom stereocenters. The van der Waals surface area contributed by atoms with E-state index in [4.69, 9.17) is 4.52 Å². The molecule has 0 atom stereocenters. The van der Waals surface area contributed by atoms with Crippen molar-refractivity contribution in [3.8, 4) is 11.4 Å². The fraction of sp³-hybridized carbons (Fsp3) is 0.500. The molecule has 0 spiro atoms. The number of piperidine rings is 1. The van der Waals surface area contributed by atoms with Crippen LogP contribution in [0.25, 0.3) is 11.4 Å². The van der Waals surface area contributed by atoms with Crippen molar-refractivity contribution in [2.75, 3.05) is 20.1 Å². The number of hydrogen-bond acceptors (Lipinski definition) is 6. The summed E-state index contributed by atoms with van der Waals surface area (Å²) >= 11 is 0. The van der Waals surface area contributed by atoms with E-state index >= 15 is 0 Å². The van der Waals surface area contributed by atoms with Gasteiger partial charge in [0.15, 0.2) is 0 Å².